The molecule has 0 spiro atoms. The van der Waals surface area contributed by atoms with E-state index in [2.05, 4.69) is 46.1 Å². The average molecular weight is 339 g/mol. The Morgan fingerprint density at radius 3 is 2.68 bits per heavy atom. The summed E-state index contributed by atoms with van der Waals surface area (Å²) in [5.41, 5.74) is 2.32. The van der Waals surface area contributed by atoms with Crippen LogP contribution in [0.15, 0.2) is 30.3 Å². The molecule has 1 aromatic carbocycles. The highest BCUT2D eigenvalue weighted by molar-refractivity contribution is 5.45. The largest absolute Gasteiger partial charge is 0.486 e. The van der Waals surface area contributed by atoms with Crippen LogP contribution in [0.3, 0.4) is 0 Å². The molecule has 2 fully saturated rings. The van der Waals surface area contributed by atoms with Crippen molar-refractivity contribution in [1.82, 2.24) is 9.97 Å². The van der Waals surface area contributed by atoms with Crippen molar-refractivity contribution in [2.45, 2.75) is 51.2 Å². The molecule has 0 amide bonds. The van der Waals surface area contributed by atoms with E-state index in [-0.39, 0.29) is 12.2 Å². The quantitative estimate of drug-likeness (QED) is 0.908. The van der Waals surface area contributed by atoms with Crippen molar-refractivity contribution >= 4 is 5.82 Å². The zero-order chi connectivity index (χ0) is 17.4. The highest BCUT2D eigenvalue weighted by Gasteiger charge is 2.33. The first-order valence-electron chi connectivity index (χ1n) is 9.15. The fourth-order valence-corrected chi connectivity index (χ4v) is 3.57. The van der Waals surface area contributed by atoms with Crippen LogP contribution in [0.4, 0.5) is 5.82 Å². The van der Waals surface area contributed by atoms with Gasteiger partial charge in [-0.25, -0.2) is 9.97 Å². The second-order valence-electron chi connectivity index (χ2n) is 7.13. The van der Waals surface area contributed by atoms with Gasteiger partial charge >= 0.3 is 0 Å². The fourth-order valence-electron chi connectivity index (χ4n) is 3.57. The third-order valence-corrected chi connectivity index (χ3v) is 5.19. The van der Waals surface area contributed by atoms with Crippen LogP contribution in [-0.4, -0.2) is 40.4 Å². The van der Waals surface area contributed by atoms with Crippen LogP contribution in [0.5, 0.6) is 5.75 Å². The van der Waals surface area contributed by atoms with Gasteiger partial charge in [0, 0.05) is 17.7 Å². The summed E-state index contributed by atoms with van der Waals surface area (Å²) in [6.07, 6.45) is 2.65. The first kappa shape index (κ1) is 16.3. The van der Waals surface area contributed by atoms with E-state index in [0.717, 1.165) is 55.4 Å². The number of aromatic nitrogens is 2. The minimum Gasteiger partial charge on any atom is -0.486 e. The van der Waals surface area contributed by atoms with E-state index in [9.17, 15) is 5.11 Å². The Labute approximate surface area is 148 Å². The maximum atomic E-state index is 9.53. The van der Waals surface area contributed by atoms with Gasteiger partial charge < -0.3 is 14.7 Å². The van der Waals surface area contributed by atoms with Gasteiger partial charge in [-0.2, -0.15) is 0 Å². The summed E-state index contributed by atoms with van der Waals surface area (Å²) in [5, 5.41) is 9.53. The Balaban J connectivity index is 1.40. The maximum Gasteiger partial charge on any atom is 0.134 e. The normalized spacial score (nSPS) is 23.1. The number of aryl methyl sites for hydroxylation is 2. The number of para-hydroxylation sites is 1. The number of aliphatic hydroxyl groups is 1. The van der Waals surface area contributed by atoms with E-state index < -0.39 is 0 Å². The Morgan fingerprint density at radius 1 is 1.20 bits per heavy atom. The van der Waals surface area contributed by atoms with Crippen LogP contribution < -0.4 is 9.64 Å². The second-order valence-corrected chi connectivity index (χ2v) is 7.13. The van der Waals surface area contributed by atoms with Crippen molar-refractivity contribution in [3.63, 3.8) is 0 Å². The molecule has 1 N–H and O–H groups in total. The van der Waals surface area contributed by atoms with Gasteiger partial charge in [-0.05, 0) is 37.8 Å². The van der Waals surface area contributed by atoms with Gasteiger partial charge in [0.1, 0.15) is 23.5 Å². The molecule has 0 bridgehead atoms. The van der Waals surface area contributed by atoms with Crippen molar-refractivity contribution in [3.8, 4) is 5.75 Å². The number of aliphatic hydroxyl groups excluding tert-OH is 1. The minimum absolute atomic E-state index is 0.163. The standard InChI is InChI=1S/C20H25N3O2/c1-3-14-6-4-5-7-19(14)25-17-11-23(12-17)20-10-18(21-13(2)22-20)15-8-16(24)9-15/h4-7,10,15-17,24H,3,8-9,11-12H2,1-2H3. The van der Waals surface area contributed by atoms with Crippen LogP contribution in [0.25, 0.3) is 0 Å². The van der Waals surface area contributed by atoms with E-state index in [1.807, 2.05) is 13.0 Å². The number of hydrogen-bond acceptors (Lipinski definition) is 5. The zero-order valence-corrected chi connectivity index (χ0v) is 14.9. The smallest absolute Gasteiger partial charge is 0.134 e. The van der Waals surface area contributed by atoms with Crippen molar-refractivity contribution < 1.29 is 9.84 Å². The van der Waals surface area contributed by atoms with Crippen molar-refractivity contribution in [1.29, 1.82) is 0 Å². The molecule has 4 rings (SSSR count). The maximum absolute atomic E-state index is 9.53. The van der Waals surface area contributed by atoms with Crippen LogP contribution in [-0.2, 0) is 6.42 Å². The molecule has 132 valence electrons. The summed E-state index contributed by atoms with van der Waals surface area (Å²) >= 11 is 0. The minimum atomic E-state index is -0.163. The molecule has 1 aromatic heterocycles. The van der Waals surface area contributed by atoms with E-state index in [0.29, 0.717) is 5.92 Å². The Morgan fingerprint density at radius 2 is 1.96 bits per heavy atom. The van der Waals surface area contributed by atoms with Crippen LogP contribution >= 0.6 is 0 Å². The topological polar surface area (TPSA) is 58.5 Å². The lowest BCUT2D eigenvalue weighted by Gasteiger charge is -2.40. The van der Waals surface area contributed by atoms with Crippen molar-refractivity contribution in [2.24, 2.45) is 0 Å². The Kier molecular flexibility index (Phi) is 4.34. The number of anilines is 1. The van der Waals surface area contributed by atoms with Crippen LogP contribution in [0.1, 0.15) is 42.8 Å². The first-order valence-corrected chi connectivity index (χ1v) is 9.15. The van der Waals surface area contributed by atoms with Gasteiger partial charge in [0.15, 0.2) is 0 Å². The Hall–Kier alpha value is -2.14. The second kappa shape index (κ2) is 6.64. The monoisotopic (exact) mass is 339 g/mol. The highest BCUT2D eigenvalue weighted by Crippen LogP contribution is 2.37. The average Bonchev–Trinajstić information content (AvgIpc) is 2.54. The van der Waals surface area contributed by atoms with Gasteiger partial charge in [-0.15, -0.1) is 0 Å². The molecule has 0 radical (unpaired) electrons. The summed E-state index contributed by atoms with van der Waals surface area (Å²) in [6, 6.07) is 10.3. The molecule has 0 atom stereocenters. The molecule has 2 aliphatic rings. The SMILES string of the molecule is CCc1ccccc1OC1CN(c2cc(C3CC(O)C3)nc(C)n2)C1. The van der Waals surface area contributed by atoms with E-state index in [4.69, 9.17) is 4.74 Å². The molecule has 1 aliphatic heterocycles. The van der Waals surface area contributed by atoms with E-state index in [1.54, 1.807) is 0 Å². The van der Waals surface area contributed by atoms with Gasteiger partial charge in [0.25, 0.3) is 0 Å². The number of benzene rings is 1. The molecular weight excluding hydrogens is 314 g/mol. The lowest BCUT2D eigenvalue weighted by molar-refractivity contribution is 0.0731. The summed E-state index contributed by atoms with van der Waals surface area (Å²) in [5.74, 6) is 3.15. The van der Waals surface area contributed by atoms with Crippen molar-refractivity contribution in [2.75, 3.05) is 18.0 Å². The lowest BCUT2D eigenvalue weighted by atomic mass is 9.80. The van der Waals surface area contributed by atoms with E-state index in [1.165, 1.54) is 5.56 Å². The number of hydrogen-bond donors (Lipinski definition) is 1. The molecule has 1 aliphatic carbocycles. The van der Waals surface area contributed by atoms with E-state index >= 15 is 0 Å². The summed E-state index contributed by atoms with van der Waals surface area (Å²) < 4.78 is 6.16. The molecule has 5 nitrogen and oxygen atoms in total. The predicted octanol–water partition coefficient (Wildman–Crippen LogP) is 2.85. The Bertz CT molecular complexity index is 752. The molecule has 5 heteroatoms. The first-order chi connectivity index (χ1) is 12.1. The number of rotatable bonds is 5. The summed E-state index contributed by atoms with van der Waals surface area (Å²) in [6.45, 7) is 5.79. The lowest BCUT2D eigenvalue weighted by Crippen LogP contribution is -2.54. The fraction of sp³-hybridized carbons (Fsp3) is 0.500. The summed E-state index contributed by atoms with van der Waals surface area (Å²) in [7, 11) is 0. The van der Waals surface area contributed by atoms with Crippen LogP contribution in [0, 0.1) is 6.92 Å². The van der Waals surface area contributed by atoms with Gasteiger partial charge in [-0.1, -0.05) is 25.1 Å². The molecule has 1 saturated carbocycles. The molecule has 1 saturated heterocycles. The van der Waals surface area contributed by atoms with Gasteiger partial charge in [0.05, 0.1) is 19.2 Å². The van der Waals surface area contributed by atoms with Gasteiger partial charge in [0.2, 0.25) is 0 Å². The zero-order valence-electron chi connectivity index (χ0n) is 14.9. The molecule has 0 unspecified atom stereocenters. The third-order valence-electron chi connectivity index (χ3n) is 5.19. The number of ether oxygens (including phenoxy) is 1. The molecular formula is C20H25N3O2. The van der Waals surface area contributed by atoms with Gasteiger partial charge in [-0.3, -0.25) is 0 Å². The number of nitrogens with zero attached hydrogens (tertiary/aromatic N) is 3. The predicted molar refractivity (Wildman–Crippen MR) is 97.2 cm³/mol. The summed E-state index contributed by atoms with van der Waals surface area (Å²) in [4.78, 5) is 11.4. The van der Waals surface area contributed by atoms with Crippen LogP contribution in [0.2, 0.25) is 0 Å². The van der Waals surface area contributed by atoms with Crippen molar-refractivity contribution in [3.05, 3.63) is 47.4 Å². The molecule has 25 heavy (non-hydrogen) atoms. The highest BCUT2D eigenvalue weighted by atomic mass is 16.5. The molecule has 2 aromatic rings. The molecule has 2 heterocycles. The third kappa shape index (κ3) is 3.33.